The minimum atomic E-state index is -0.567. The first kappa shape index (κ1) is 13.2. The Morgan fingerprint density at radius 1 is 1.28 bits per heavy atom. The zero-order valence-corrected chi connectivity index (χ0v) is 10.5. The number of allylic oxidation sites excluding steroid dienone is 1. The van der Waals surface area contributed by atoms with Crippen molar-refractivity contribution in [2.75, 3.05) is 13.1 Å². The quantitative estimate of drug-likeness (QED) is 0.600. The van der Waals surface area contributed by atoms with Crippen molar-refractivity contribution in [1.29, 1.82) is 0 Å². The summed E-state index contributed by atoms with van der Waals surface area (Å²) in [5.74, 6) is -0.271. The zero-order valence-electron chi connectivity index (χ0n) is 10.5. The van der Waals surface area contributed by atoms with Gasteiger partial charge in [-0.2, -0.15) is 0 Å². The van der Waals surface area contributed by atoms with E-state index in [4.69, 9.17) is 0 Å². The van der Waals surface area contributed by atoms with Crippen LogP contribution in [0.5, 0.6) is 0 Å². The second kappa shape index (κ2) is 6.66. The number of aliphatic hydroxyl groups excluding tert-OH is 1. The van der Waals surface area contributed by atoms with Crippen LogP contribution in [-0.2, 0) is 0 Å². The molecule has 2 nitrogen and oxygen atoms in total. The molecular weight excluding hydrogens is 229 g/mol. The van der Waals surface area contributed by atoms with Gasteiger partial charge in [-0.25, -0.2) is 4.39 Å². The van der Waals surface area contributed by atoms with Crippen molar-refractivity contribution in [1.82, 2.24) is 5.32 Å². The third kappa shape index (κ3) is 3.93. The zero-order chi connectivity index (χ0) is 12.8. The SMILES string of the molecule is OC(CNCCC1=CCCC1)c1ccc(F)cc1. The van der Waals surface area contributed by atoms with Crippen LogP contribution in [-0.4, -0.2) is 18.2 Å². The van der Waals surface area contributed by atoms with Gasteiger partial charge in [-0.3, -0.25) is 0 Å². The molecule has 0 amide bonds. The van der Waals surface area contributed by atoms with Gasteiger partial charge in [0, 0.05) is 6.54 Å². The van der Waals surface area contributed by atoms with E-state index >= 15 is 0 Å². The van der Waals surface area contributed by atoms with Crippen LogP contribution in [0.1, 0.15) is 37.4 Å². The lowest BCUT2D eigenvalue weighted by Crippen LogP contribution is -2.22. The molecular formula is C15H20FNO. The molecule has 2 rings (SSSR count). The van der Waals surface area contributed by atoms with Crippen molar-refractivity contribution >= 4 is 0 Å². The Balaban J connectivity index is 1.68. The molecule has 0 heterocycles. The first-order valence-electron chi connectivity index (χ1n) is 6.58. The van der Waals surface area contributed by atoms with Gasteiger partial charge in [0.25, 0.3) is 0 Å². The van der Waals surface area contributed by atoms with Gasteiger partial charge in [0.05, 0.1) is 6.10 Å². The highest BCUT2D eigenvalue weighted by Gasteiger charge is 2.08. The Kier molecular flexibility index (Phi) is 4.90. The van der Waals surface area contributed by atoms with E-state index in [1.54, 1.807) is 12.1 Å². The summed E-state index contributed by atoms with van der Waals surface area (Å²) in [7, 11) is 0. The Bertz CT molecular complexity index is 399. The third-order valence-electron chi connectivity index (χ3n) is 3.35. The number of halogens is 1. The Labute approximate surface area is 108 Å². The lowest BCUT2D eigenvalue weighted by atomic mass is 10.1. The summed E-state index contributed by atoms with van der Waals surface area (Å²) in [6.45, 7) is 1.41. The van der Waals surface area contributed by atoms with E-state index in [0.717, 1.165) is 18.5 Å². The maximum atomic E-state index is 12.7. The number of hydrogen-bond donors (Lipinski definition) is 2. The van der Waals surface area contributed by atoms with Crippen LogP contribution < -0.4 is 5.32 Å². The van der Waals surface area contributed by atoms with Gasteiger partial charge in [-0.1, -0.05) is 23.8 Å². The topological polar surface area (TPSA) is 32.3 Å². The number of benzene rings is 1. The number of hydrogen-bond acceptors (Lipinski definition) is 2. The van der Waals surface area contributed by atoms with Crippen LogP contribution in [0.25, 0.3) is 0 Å². The molecule has 3 heteroatoms. The minimum absolute atomic E-state index is 0.271. The average Bonchev–Trinajstić information content (AvgIpc) is 2.88. The van der Waals surface area contributed by atoms with Gasteiger partial charge >= 0.3 is 0 Å². The molecule has 0 saturated heterocycles. The fraction of sp³-hybridized carbons (Fsp3) is 0.467. The predicted molar refractivity (Wildman–Crippen MR) is 70.8 cm³/mol. The van der Waals surface area contributed by atoms with Crippen molar-refractivity contribution in [3.63, 3.8) is 0 Å². The summed E-state index contributed by atoms with van der Waals surface area (Å²) in [5, 5.41) is 13.1. The highest BCUT2D eigenvalue weighted by Crippen LogP contribution is 2.19. The van der Waals surface area contributed by atoms with Gasteiger partial charge in [-0.15, -0.1) is 0 Å². The second-order valence-electron chi connectivity index (χ2n) is 4.78. The molecule has 1 atom stereocenters. The van der Waals surface area contributed by atoms with Gasteiger partial charge < -0.3 is 10.4 Å². The Morgan fingerprint density at radius 2 is 2.06 bits per heavy atom. The van der Waals surface area contributed by atoms with E-state index in [9.17, 15) is 9.50 Å². The van der Waals surface area contributed by atoms with E-state index < -0.39 is 6.10 Å². The maximum absolute atomic E-state index is 12.7. The molecule has 1 aromatic rings. The molecule has 0 aromatic heterocycles. The molecule has 0 bridgehead atoms. The van der Waals surface area contributed by atoms with Crippen LogP contribution in [0.2, 0.25) is 0 Å². The highest BCUT2D eigenvalue weighted by molar-refractivity contribution is 5.18. The van der Waals surface area contributed by atoms with E-state index in [1.165, 1.54) is 37.0 Å². The molecule has 0 radical (unpaired) electrons. The molecule has 0 saturated carbocycles. The van der Waals surface area contributed by atoms with Crippen molar-refractivity contribution < 1.29 is 9.50 Å². The first-order valence-corrected chi connectivity index (χ1v) is 6.58. The minimum Gasteiger partial charge on any atom is -0.387 e. The van der Waals surface area contributed by atoms with Gasteiger partial charge in [0.1, 0.15) is 5.82 Å². The predicted octanol–water partition coefficient (Wildman–Crippen LogP) is 2.95. The average molecular weight is 249 g/mol. The maximum Gasteiger partial charge on any atom is 0.123 e. The van der Waals surface area contributed by atoms with Crippen LogP contribution in [0.15, 0.2) is 35.9 Å². The van der Waals surface area contributed by atoms with Crippen LogP contribution in [0, 0.1) is 5.82 Å². The summed E-state index contributed by atoms with van der Waals surface area (Å²) < 4.78 is 12.7. The first-order chi connectivity index (χ1) is 8.75. The van der Waals surface area contributed by atoms with Gasteiger partial charge in [0.2, 0.25) is 0 Å². The summed E-state index contributed by atoms with van der Waals surface area (Å²) in [6, 6.07) is 6.01. The van der Waals surface area contributed by atoms with Crippen molar-refractivity contribution in [2.24, 2.45) is 0 Å². The molecule has 98 valence electrons. The molecule has 0 aliphatic heterocycles. The molecule has 1 aliphatic rings. The van der Waals surface area contributed by atoms with E-state index in [-0.39, 0.29) is 5.82 Å². The van der Waals surface area contributed by atoms with E-state index in [2.05, 4.69) is 11.4 Å². The van der Waals surface area contributed by atoms with Crippen LogP contribution >= 0.6 is 0 Å². The number of aliphatic hydroxyl groups is 1. The normalized spacial score (nSPS) is 16.7. The van der Waals surface area contributed by atoms with Gasteiger partial charge in [-0.05, 0) is 49.9 Å². The smallest absolute Gasteiger partial charge is 0.123 e. The molecule has 1 aromatic carbocycles. The summed E-state index contributed by atoms with van der Waals surface area (Å²) in [5.41, 5.74) is 2.28. The number of rotatable bonds is 6. The van der Waals surface area contributed by atoms with Crippen molar-refractivity contribution in [3.05, 3.63) is 47.3 Å². The fourth-order valence-corrected chi connectivity index (χ4v) is 2.25. The van der Waals surface area contributed by atoms with Crippen molar-refractivity contribution in [3.8, 4) is 0 Å². The molecule has 0 fully saturated rings. The summed E-state index contributed by atoms with van der Waals surface area (Å²) in [6.07, 6.45) is 6.54. The van der Waals surface area contributed by atoms with Crippen LogP contribution in [0.4, 0.5) is 4.39 Å². The third-order valence-corrected chi connectivity index (χ3v) is 3.35. The Morgan fingerprint density at radius 3 is 2.72 bits per heavy atom. The molecule has 18 heavy (non-hydrogen) atoms. The highest BCUT2D eigenvalue weighted by atomic mass is 19.1. The van der Waals surface area contributed by atoms with E-state index in [1.807, 2.05) is 0 Å². The molecule has 1 aliphatic carbocycles. The summed E-state index contributed by atoms with van der Waals surface area (Å²) >= 11 is 0. The van der Waals surface area contributed by atoms with Crippen LogP contribution in [0.3, 0.4) is 0 Å². The monoisotopic (exact) mass is 249 g/mol. The van der Waals surface area contributed by atoms with Crippen molar-refractivity contribution in [2.45, 2.75) is 31.8 Å². The second-order valence-corrected chi connectivity index (χ2v) is 4.78. The molecule has 0 spiro atoms. The molecule has 1 unspecified atom stereocenters. The standard InChI is InChI=1S/C15H20FNO/c16-14-7-5-13(6-8-14)15(18)11-17-10-9-12-3-1-2-4-12/h3,5-8,15,17-18H,1-2,4,9-11H2. The molecule has 2 N–H and O–H groups in total. The lowest BCUT2D eigenvalue weighted by Gasteiger charge is -2.12. The van der Waals surface area contributed by atoms with E-state index in [0.29, 0.717) is 6.54 Å². The summed E-state index contributed by atoms with van der Waals surface area (Å²) in [4.78, 5) is 0. The largest absolute Gasteiger partial charge is 0.387 e. The number of nitrogens with one attached hydrogen (secondary N) is 1. The Hall–Kier alpha value is -1.19. The lowest BCUT2D eigenvalue weighted by molar-refractivity contribution is 0.175. The van der Waals surface area contributed by atoms with Gasteiger partial charge in [0.15, 0.2) is 0 Å². The fourth-order valence-electron chi connectivity index (χ4n) is 2.25.